The number of aromatic nitrogens is 4. The molecule has 0 bridgehead atoms. The molecule has 0 saturated heterocycles. The summed E-state index contributed by atoms with van der Waals surface area (Å²) in [6, 6.07) is 17.2. The molecule has 0 aliphatic heterocycles. The van der Waals surface area contributed by atoms with E-state index in [-0.39, 0.29) is 18.0 Å². The van der Waals surface area contributed by atoms with Crippen LogP contribution >= 0.6 is 11.3 Å². The van der Waals surface area contributed by atoms with Gasteiger partial charge < -0.3 is 5.32 Å². The van der Waals surface area contributed by atoms with Crippen LogP contribution in [0.2, 0.25) is 0 Å². The fourth-order valence-corrected chi connectivity index (χ4v) is 4.38. The Morgan fingerprint density at radius 1 is 0.969 bits per heavy atom. The minimum absolute atomic E-state index is 0.132. The van der Waals surface area contributed by atoms with E-state index >= 15 is 0 Å². The minimum Gasteiger partial charge on any atom is -0.350 e. The lowest BCUT2D eigenvalue weighted by Gasteiger charge is -2.09. The predicted molar refractivity (Wildman–Crippen MR) is 126 cm³/mol. The lowest BCUT2D eigenvalue weighted by Crippen LogP contribution is -2.33. The first-order valence-corrected chi connectivity index (χ1v) is 11.2. The lowest BCUT2D eigenvalue weighted by atomic mass is 10.2. The second-order valence-corrected chi connectivity index (χ2v) is 8.98. The Morgan fingerprint density at radius 2 is 1.75 bits per heavy atom. The Hall–Kier alpha value is -3.52. The van der Waals surface area contributed by atoms with Gasteiger partial charge in [0.1, 0.15) is 12.2 Å². The van der Waals surface area contributed by atoms with E-state index in [1.165, 1.54) is 16.3 Å². The van der Waals surface area contributed by atoms with Crippen LogP contribution in [-0.2, 0) is 24.4 Å². The molecular formula is C24H25N5O2S. The second-order valence-electron chi connectivity index (χ2n) is 7.69. The highest BCUT2D eigenvalue weighted by atomic mass is 32.1. The van der Waals surface area contributed by atoms with Crippen LogP contribution in [0.3, 0.4) is 0 Å². The quantitative estimate of drug-likeness (QED) is 0.470. The molecule has 0 radical (unpaired) electrons. The molecular weight excluding hydrogens is 422 g/mol. The van der Waals surface area contributed by atoms with Crippen molar-refractivity contribution in [2.45, 2.75) is 40.4 Å². The number of carbonyl (C=O) groups excluding carboxylic acids is 1. The van der Waals surface area contributed by atoms with Gasteiger partial charge in [-0.25, -0.2) is 4.68 Å². The highest BCUT2D eigenvalue weighted by molar-refractivity contribution is 7.15. The van der Waals surface area contributed by atoms with Crippen molar-refractivity contribution in [3.8, 4) is 10.6 Å². The summed E-state index contributed by atoms with van der Waals surface area (Å²) in [7, 11) is 0. The maximum absolute atomic E-state index is 12.6. The first-order valence-electron chi connectivity index (χ1n) is 10.4. The lowest BCUT2D eigenvalue weighted by molar-refractivity contribution is -0.122. The molecule has 7 nitrogen and oxygen atoms in total. The minimum atomic E-state index is -0.305. The normalized spacial score (nSPS) is 11.0. The van der Waals surface area contributed by atoms with Crippen LogP contribution in [0.25, 0.3) is 10.6 Å². The van der Waals surface area contributed by atoms with Crippen molar-refractivity contribution in [3.05, 3.63) is 92.3 Å². The highest BCUT2D eigenvalue weighted by Crippen LogP contribution is 2.25. The van der Waals surface area contributed by atoms with E-state index in [0.717, 1.165) is 26.7 Å². The largest absolute Gasteiger partial charge is 0.350 e. The number of benzene rings is 1. The maximum atomic E-state index is 12.6. The standard InChI is InChI=1S/C24H25N5O2S/c1-16-9-11-22(32-16)21-10-12-24(31)29(27-21)15-23(30)25-13-20-17(2)26-28(18(20)3)14-19-7-5-4-6-8-19/h4-12H,13-15H2,1-3H3,(H,25,30). The molecule has 0 aliphatic carbocycles. The van der Waals surface area contributed by atoms with E-state index in [2.05, 4.69) is 27.6 Å². The summed E-state index contributed by atoms with van der Waals surface area (Å²) < 4.78 is 3.16. The van der Waals surface area contributed by atoms with Crippen molar-refractivity contribution < 1.29 is 4.79 Å². The molecule has 164 valence electrons. The van der Waals surface area contributed by atoms with Gasteiger partial charge in [0, 0.05) is 28.7 Å². The van der Waals surface area contributed by atoms with E-state index in [9.17, 15) is 9.59 Å². The number of amides is 1. The van der Waals surface area contributed by atoms with Gasteiger partial charge in [0.25, 0.3) is 5.56 Å². The molecule has 1 aromatic carbocycles. The van der Waals surface area contributed by atoms with Crippen molar-refractivity contribution in [2.75, 3.05) is 0 Å². The zero-order valence-electron chi connectivity index (χ0n) is 18.3. The Bertz CT molecular complexity index is 1300. The number of thiophene rings is 1. The van der Waals surface area contributed by atoms with Gasteiger partial charge in [0.15, 0.2) is 0 Å². The predicted octanol–water partition coefficient (Wildman–Crippen LogP) is 3.46. The Morgan fingerprint density at radius 3 is 2.47 bits per heavy atom. The summed E-state index contributed by atoms with van der Waals surface area (Å²) in [6.07, 6.45) is 0. The summed E-state index contributed by atoms with van der Waals surface area (Å²) >= 11 is 1.60. The summed E-state index contributed by atoms with van der Waals surface area (Å²) in [5.41, 5.74) is 4.42. The van der Waals surface area contributed by atoms with Crippen LogP contribution < -0.4 is 10.9 Å². The molecule has 0 spiro atoms. The van der Waals surface area contributed by atoms with E-state index in [1.807, 2.05) is 55.8 Å². The highest BCUT2D eigenvalue weighted by Gasteiger charge is 2.14. The molecule has 0 atom stereocenters. The molecule has 4 rings (SSSR count). The Labute approximate surface area is 190 Å². The number of carbonyl (C=O) groups is 1. The third-order valence-corrected chi connectivity index (χ3v) is 6.34. The molecule has 0 saturated carbocycles. The van der Waals surface area contributed by atoms with Crippen LogP contribution in [0, 0.1) is 20.8 Å². The molecule has 4 aromatic rings. The molecule has 0 fully saturated rings. The van der Waals surface area contributed by atoms with Gasteiger partial charge in [0.2, 0.25) is 5.91 Å². The maximum Gasteiger partial charge on any atom is 0.267 e. The van der Waals surface area contributed by atoms with Crippen LogP contribution in [-0.4, -0.2) is 25.5 Å². The zero-order chi connectivity index (χ0) is 22.7. The molecule has 3 heterocycles. The SMILES string of the molecule is Cc1ccc(-c2ccc(=O)n(CC(=O)NCc3c(C)nn(Cc4ccccc4)c3C)n2)s1. The van der Waals surface area contributed by atoms with Crippen molar-refractivity contribution in [1.82, 2.24) is 24.9 Å². The van der Waals surface area contributed by atoms with Gasteiger partial charge in [-0.1, -0.05) is 30.3 Å². The molecule has 1 amide bonds. The summed E-state index contributed by atoms with van der Waals surface area (Å²) in [4.78, 5) is 26.9. The van der Waals surface area contributed by atoms with Crippen molar-refractivity contribution >= 4 is 17.2 Å². The third-order valence-electron chi connectivity index (χ3n) is 5.32. The number of rotatable bonds is 7. The molecule has 0 unspecified atom stereocenters. The molecule has 1 N–H and O–H groups in total. The van der Waals surface area contributed by atoms with Gasteiger partial charge in [-0.05, 0) is 44.5 Å². The summed E-state index contributed by atoms with van der Waals surface area (Å²) in [5, 5.41) is 11.9. The average Bonchev–Trinajstić information content (AvgIpc) is 3.32. The first-order chi connectivity index (χ1) is 15.4. The van der Waals surface area contributed by atoms with Crippen LogP contribution in [0.4, 0.5) is 0 Å². The molecule has 32 heavy (non-hydrogen) atoms. The smallest absolute Gasteiger partial charge is 0.267 e. The number of aryl methyl sites for hydroxylation is 2. The van der Waals surface area contributed by atoms with Crippen LogP contribution in [0.5, 0.6) is 0 Å². The van der Waals surface area contributed by atoms with Crippen molar-refractivity contribution in [1.29, 1.82) is 0 Å². The number of hydrogen-bond donors (Lipinski definition) is 1. The van der Waals surface area contributed by atoms with Gasteiger partial charge in [-0.15, -0.1) is 11.3 Å². The second kappa shape index (κ2) is 9.32. The topological polar surface area (TPSA) is 81.8 Å². The fourth-order valence-electron chi connectivity index (χ4n) is 3.54. The van der Waals surface area contributed by atoms with E-state index in [1.54, 1.807) is 17.4 Å². The van der Waals surface area contributed by atoms with Crippen molar-refractivity contribution in [2.24, 2.45) is 0 Å². The van der Waals surface area contributed by atoms with E-state index in [4.69, 9.17) is 0 Å². The number of nitrogens with one attached hydrogen (secondary N) is 1. The monoisotopic (exact) mass is 447 g/mol. The Balaban J connectivity index is 1.43. The first kappa shape index (κ1) is 21.7. The van der Waals surface area contributed by atoms with Gasteiger partial charge in [-0.2, -0.15) is 10.2 Å². The average molecular weight is 448 g/mol. The number of hydrogen-bond acceptors (Lipinski definition) is 5. The van der Waals surface area contributed by atoms with Gasteiger partial charge in [0.05, 0.1) is 17.1 Å². The van der Waals surface area contributed by atoms with Crippen LogP contribution in [0.1, 0.15) is 27.4 Å². The summed E-state index contributed by atoms with van der Waals surface area (Å²) in [6.45, 7) is 6.86. The molecule has 8 heteroatoms. The zero-order valence-corrected chi connectivity index (χ0v) is 19.1. The molecule has 0 aliphatic rings. The molecule has 3 aromatic heterocycles. The van der Waals surface area contributed by atoms with Crippen molar-refractivity contribution in [3.63, 3.8) is 0 Å². The Kier molecular flexibility index (Phi) is 6.32. The van der Waals surface area contributed by atoms with E-state index < -0.39 is 0 Å². The van der Waals surface area contributed by atoms with Gasteiger partial charge >= 0.3 is 0 Å². The van der Waals surface area contributed by atoms with Gasteiger partial charge in [-0.3, -0.25) is 14.3 Å². The fraction of sp³-hybridized carbons (Fsp3) is 0.250. The van der Waals surface area contributed by atoms with Crippen LogP contribution in [0.15, 0.2) is 59.4 Å². The van der Waals surface area contributed by atoms with E-state index in [0.29, 0.717) is 18.8 Å². The third kappa shape index (κ3) is 4.86. The number of nitrogens with zero attached hydrogens (tertiary/aromatic N) is 4. The summed E-state index contributed by atoms with van der Waals surface area (Å²) in [5.74, 6) is -0.270.